The summed E-state index contributed by atoms with van der Waals surface area (Å²) in [6, 6.07) is 8.45. The van der Waals surface area contributed by atoms with Crippen LogP contribution in [0.3, 0.4) is 0 Å². The van der Waals surface area contributed by atoms with Crippen LogP contribution in [0.15, 0.2) is 41.3 Å². The lowest BCUT2D eigenvalue weighted by Crippen LogP contribution is -2.42. The van der Waals surface area contributed by atoms with Gasteiger partial charge in [-0.2, -0.15) is 0 Å². The van der Waals surface area contributed by atoms with Gasteiger partial charge in [0, 0.05) is 43.2 Å². The Morgan fingerprint density at radius 3 is 2.64 bits per heavy atom. The van der Waals surface area contributed by atoms with Crippen LogP contribution in [0.4, 0.5) is 21.5 Å². The quantitative estimate of drug-likeness (QED) is 0.602. The average molecular weight is 407 g/mol. The van der Waals surface area contributed by atoms with Gasteiger partial charge >= 0.3 is 0 Å². The maximum absolute atomic E-state index is 13.4. The summed E-state index contributed by atoms with van der Waals surface area (Å²) in [7, 11) is -3.64. The summed E-state index contributed by atoms with van der Waals surface area (Å²) in [6.07, 6.45) is 2.75. The van der Waals surface area contributed by atoms with Gasteiger partial charge in [0.15, 0.2) is 9.84 Å². The van der Waals surface area contributed by atoms with Crippen molar-refractivity contribution in [1.82, 2.24) is 0 Å². The van der Waals surface area contributed by atoms with Crippen molar-refractivity contribution in [2.45, 2.75) is 30.7 Å². The third-order valence-corrected chi connectivity index (χ3v) is 5.99. The summed E-state index contributed by atoms with van der Waals surface area (Å²) in [5.74, 6) is -0.281. The average Bonchev–Trinajstić information content (AvgIpc) is 2.61. The van der Waals surface area contributed by atoms with Crippen molar-refractivity contribution in [3.63, 3.8) is 0 Å². The summed E-state index contributed by atoms with van der Waals surface area (Å²) < 4.78 is 37.6. The van der Waals surface area contributed by atoms with Gasteiger partial charge in [-0.25, -0.2) is 12.8 Å². The lowest BCUT2D eigenvalue weighted by molar-refractivity contribution is -0.385. The molecule has 1 fully saturated rings. The third-order valence-electron chi connectivity index (χ3n) is 4.86. The highest BCUT2D eigenvalue weighted by Gasteiger charge is 2.24. The fourth-order valence-corrected chi connectivity index (χ4v) is 4.42. The number of nitro benzene ring substituents is 1. The standard InChI is InChI=1S/C19H22FN3O4S/c1-13-10-14(20)5-8-18(13)22-9-3-4-15(12-22)21-17-7-6-16(23(24)25)11-19(17)28(2,26)27/h5-8,10-11,15,21H,3-4,9,12H2,1-2H3. The number of nitrogens with one attached hydrogen (secondary N) is 1. The summed E-state index contributed by atoms with van der Waals surface area (Å²) >= 11 is 0. The second-order valence-electron chi connectivity index (χ2n) is 7.07. The number of benzene rings is 2. The molecule has 1 atom stereocenters. The molecule has 1 saturated heterocycles. The van der Waals surface area contributed by atoms with Gasteiger partial charge in [-0.1, -0.05) is 0 Å². The van der Waals surface area contributed by atoms with Gasteiger partial charge in [0.2, 0.25) is 0 Å². The fraction of sp³-hybridized carbons (Fsp3) is 0.368. The van der Waals surface area contributed by atoms with Crippen LogP contribution in [-0.2, 0) is 9.84 Å². The normalized spacial score (nSPS) is 17.4. The van der Waals surface area contributed by atoms with Gasteiger partial charge in [0.05, 0.1) is 15.5 Å². The van der Waals surface area contributed by atoms with Gasteiger partial charge in [-0.3, -0.25) is 10.1 Å². The van der Waals surface area contributed by atoms with Crippen LogP contribution >= 0.6 is 0 Å². The van der Waals surface area contributed by atoms with Gasteiger partial charge in [0.25, 0.3) is 5.69 Å². The fourth-order valence-electron chi connectivity index (χ4n) is 3.56. The van der Waals surface area contributed by atoms with E-state index < -0.39 is 14.8 Å². The van der Waals surface area contributed by atoms with Crippen LogP contribution in [0, 0.1) is 22.9 Å². The van der Waals surface area contributed by atoms with Gasteiger partial charge in [0.1, 0.15) is 5.82 Å². The summed E-state index contributed by atoms with van der Waals surface area (Å²) in [5.41, 5.74) is 1.88. The van der Waals surface area contributed by atoms with E-state index in [4.69, 9.17) is 0 Å². The number of sulfone groups is 1. The highest BCUT2D eigenvalue weighted by Crippen LogP contribution is 2.30. The van der Waals surface area contributed by atoms with E-state index in [1.165, 1.54) is 24.3 Å². The number of aryl methyl sites for hydroxylation is 1. The summed E-state index contributed by atoms with van der Waals surface area (Å²) in [6.45, 7) is 3.30. The van der Waals surface area contributed by atoms with Crippen LogP contribution in [0.2, 0.25) is 0 Å². The zero-order valence-corrected chi connectivity index (χ0v) is 16.5. The molecule has 7 nitrogen and oxygen atoms in total. The first-order valence-corrected chi connectivity index (χ1v) is 10.8. The second-order valence-corrected chi connectivity index (χ2v) is 9.05. The van der Waals surface area contributed by atoms with Crippen LogP contribution < -0.4 is 10.2 Å². The molecule has 0 bridgehead atoms. The molecule has 3 rings (SSSR count). The van der Waals surface area contributed by atoms with Crippen molar-refractivity contribution in [2.24, 2.45) is 0 Å². The van der Waals surface area contributed by atoms with Gasteiger partial charge in [-0.05, 0) is 49.6 Å². The minimum absolute atomic E-state index is 0.0415. The smallest absolute Gasteiger partial charge is 0.270 e. The van der Waals surface area contributed by atoms with Crippen LogP contribution in [0.25, 0.3) is 0 Å². The van der Waals surface area contributed by atoms with Gasteiger partial charge < -0.3 is 10.2 Å². The lowest BCUT2D eigenvalue weighted by atomic mass is 10.0. The zero-order chi connectivity index (χ0) is 20.5. The van der Waals surface area contributed by atoms with E-state index in [1.807, 2.05) is 6.92 Å². The maximum Gasteiger partial charge on any atom is 0.270 e. The summed E-state index contributed by atoms with van der Waals surface area (Å²) in [5, 5.41) is 14.2. The van der Waals surface area contributed by atoms with Crippen molar-refractivity contribution < 1.29 is 17.7 Å². The Hall–Kier alpha value is -2.68. The molecule has 9 heteroatoms. The molecule has 0 aliphatic carbocycles. The highest BCUT2D eigenvalue weighted by molar-refractivity contribution is 7.90. The first-order chi connectivity index (χ1) is 13.1. The molecular formula is C19H22FN3O4S. The van der Waals surface area contributed by atoms with E-state index >= 15 is 0 Å². The van der Waals surface area contributed by atoms with E-state index in [9.17, 15) is 22.9 Å². The monoisotopic (exact) mass is 407 g/mol. The molecule has 28 heavy (non-hydrogen) atoms. The Morgan fingerprint density at radius 2 is 2.00 bits per heavy atom. The van der Waals surface area contributed by atoms with Crippen LogP contribution in [-0.4, -0.2) is 38.7 Å². The predicted molar refractivity (Wildman–Crippen MR) is 106 cm³/mol. The molecule has 150 valence electrons. The molecule has 1 N–H and O–H groups in total. The van der Waals surface area contributed by atoms with Crippen LogP contribution in [0.1, 0.15) is 18.4 Å². The number of anilines is 2. The Morgan fingerprint density at radius 1 is 1.25 bits per heavy atom. The number of halogens is 1. The molecule has 0 radical (unpaired) electrons. The Balaban J connectivity index is 1.84. The number of rotatable bonds is 5. The molecule has 0 saturated carbocycles. The number of non-ortho nitro benzene ring substituents is 1. The molecule has 2 aromatic carbocycles. The first-order valence-electron chi connectivity index (χ1n) is 8.91. The highest BCUT2D eigenvalue weighted by atomic mass is 32.2. The van der Waals surface area contributed by atoms with E-state index in [2.05, 4.69) is 10.2 Å². The van der Waals surface area contributed by atoms with E-state index in [0.717, 1.165) is 43.0 Å². The number of nitro groups is 1. The number of nitrogens with zero attached hydrogens (tertiary/aromatic N) is 2. The predicted octanol–water partition coefficient (Wildman–Crippen LogP) is 3.53. The molecule has 1 unspecified atom stereocenters. The first kappa shape index (κ1) is 20.1. The molecular weight excluding hydrogens is 385 g/mol. The van der Waals surface area contributed by atoms with Crippen molar-refractivity contribution >= 4 is 26.9 Å². The van der Waals surface area contributed by atoms with Crippen molar-refractivity contribution in [3.05, 3.63) is 57.9 Å². The minimum Gasteiger partial charge on any atom is -0.379 e. The molecule has 0 aromatic heterocycles. The van der Waals surface area contributed by atoms with E-state index in [0.29, 0.717) is 12.2 Å². The molecule has 1 aliphatic rings. The van der Waals surface area contributed by atoms with Crippen molar-refractivity contribution in [1.29, 1.82) is 0 Å². The largest absolute Gasteiger partial charge is 0.379 e. The maximum atomic E-state index is 13.4. The van der Waals surface area contributed by atoms with Crippen LogP contribution in [0.5, 0.6) is 0 Å². The minimum atomic E-state index is -3.64. The Bertz CT molecular complexity index is 1010. The Kier molecular flexibility index (Phi) is 5.55. The van der Waals surface area contributed by atoms with E-state index in [-0.39, 0.29) is 22.4 Å². The second kappa shape index (κ2) is 7.75. The number of hydrogen-bond donors (Lipinski definition) is 1. The molecule has 2 aromatic rings. The number of hydrogen-bond acceptors (Lipinski definition) is 6. The molecule has 0 amide bonds. The molecule has 1 heterocycles. The Labute approximate surface area is 163 Å². The molecule has 0 spiro atoms. The topological polar surface area (TPSA) is 92.5 Å². The lowest BCUT2D eigenvalue weighted by Gasteiger charge is -2.36. The van der Waals surface area contributed by atoms with Crippen molar-refractivity contribution in [2.75, 3.05) is 29.6 Å². The van der Waals surface area contributed by atoms with Gasteiger partial charge in [-0.15, -0.1) is 0 Å². The SMILES string of the molecule is Cc1cc(F)ccc1N1CCCC(Nc2ccc([N+](=O)[O-])cc2S(C)(=O)=O)C1. The summed E-state index contributed by atoms with van der Waals surface area (Å²) in [4.78, 5) is 12.4. The molecule has 1 aliphatic heterocycles. The number of piperidine rings is 1. The van der Waals surface area contributed by atoms with E-state index in [1.54, 1.807) is 6.07 Å². The zero-order valence-electron chi connectivity index (χ0n) is 15.7. The third kappa shape index (κ3) is 4.41. The van der Waals surface area contributed by atoms with Crippen molar-refractivity contribution in [3.8, 4) is 0 Å².